The molecule has 0 unspecified atom stereocenters. The van der Waals surface area contributed by atoms with Gasteiger partial charge in [0, 0.05) is 37.9 Å². The van der Waals surface area contributed by atoms with Gasteiger partial charge in [0.2, 0.25) is 10.0 Å². The molecule has 0 aliphatic carbocycles. The minimum Gasteiger partial charge on any atom is -0.497 e. The number of piperazine rings is 1. The van der Waals surface area contributed by atoms with Crippen molar-refractivity contribution in [1.29, 1.82) is 0 Å². The Morgan fingerprint density at radius 1 is 1.07 bits per heavy atom. The minimum absolute atomic E-state index is 0.270. The predicted molar refractivity (Wildman–Crippen MR) is 117 cm³/mol. The lowest BCUT2D eigenvalue weighted by atomic mass is 10.3. The van der Waals surface area contributed by atoms with Crippen LogP contribution in [0.1, 0.15) is 6.92 Å². The molecule has 0 aromatic heterocycles. The average Bonchev–Trinajstić information content (AvgIpc) is 2.74. The van der Waals surface area contributed by atoms with E-state index in [1.165, 1.54) is 4.31 Å². The molecule has 9 heteroatoms. The van der Waals surface area contributed by atoms with Crippen LogP contribution >= 0.6 is 12.2 Å². The number of rotatable bonds is 6. The molecule has 0 atom stereocenters. The highest BCUT2D eigenvalue weighted by Crippen LogP contribution is 2.22. The van der Waals surface area contributed by atoms with Crippen LogP contribution in [-0.2, 0) is 10.0 Å². The standard InChI is InChI=1S/C20H25N3O4S2/c1-3-27-17-7-9-19(10-8-17)29(24,25)23-13-11-22(12-14-23)20(28)21-16-5-4-6-18(15-16)26-2/h4-10,15H,3,11-14H2,1-2H3,(H,21,28). The van der Waals surface area contributed by atoms with Crippen molar-refractivity contribution in [1.82, 2.24) is 9.21 Å². The van der Waals surface area contributed by atoms with Gasteiger partial charge in [-0.2, -0.15) is 4.31 Å². The highest BCUT2D eigenvalue weighted by molar-refractivity contribution is 7.89. The van der Waals surface area contributed by atoms with Crippen LogP contribution in [-0.4, -0.2) is 62.6 Å². The van der Waals surface area contributed by atoms with Gasteiger partial charge >= 0.3 is 0 Å². The number of ether oxygens (including phenoxy) is 2. The van der Waals surface area contributed by atoms with E-state index >= 15 is 0 Å². The van der Waals surface area contributed by atoms with Crippen LogP contribution in [0.15, 0.2) is 53.4 Å². The molecule has 156 valence electrons. The van der Waals surface area contributed by atoms with E-state index in [1.807, 2.05) is 36.1 Å². The fourth-order valence-electron chi connectivity index (χ4n) is 3.06. The van der Waals surface area contributed by atoms with Gasteiger partial charge in [-0.25, -0.2) is 8.42 Å². The largest absolute Gasteiger partial charge is 0.497 e. The molecule has 3 rings (SSSR count). The van der Waals surface area contributed by atoms with E-state index < -0.39 is 10.0 Å². The molecule has 1 aliphatic heterocycles. The molecule has 1 fully saturated rings. The lowest BCUT2D eigenvalue weighted by Crippen LogP contribution is -2.51. The van der Waals surface area contributed by atoms with Gasteiger partial charge in [-0.3, -0.25) is 0 Å². The van der Waals surface area contributed by atoms with Crippen LogP contribution in [0.2, 0.25) is 0 Å². The first-order valence-electron chi connectivity index (χ1n) is 9.37. The second kappa shape index (κ2) is 9.43. The van der Waals surface area contributed by atoms with E-state index in [9.17, 15) is 8.42 Å². The zero-order valence-electron chi connectivity index (χ0n) is 16.5. The van der Waals surface area contributed by atoms with Gasteiger partial charge in [-0.1, -0.05) is 6.07 Å². The molecule has 0 amide bonds. The maximum Gasteiger partial charge on any atom is 0.243 e. The van der Waals surface area contributed by atoms with Gasteiger partial charge in [0.1, 0.15) is 11.5 Å². The second-order valence-electron chi connectivity index (χ2n) is 6.46. The molecule has 2 aromatic carbocycles. The third-order valence-corrected chi connectivity index (χ3v) is 6.89. The molecule has 7 nitrogen and oxygen atoms in total. The molecule has 1 N–H and O–H groups in total. The lowest BCUT2D eigenvalue weighted by Gasteiger charge is -2.35. The van der Waals surface area contributed by atoms with Crippen LogP contribution in [0.4, 0.5) is 5.69 Å². The SMILES string of the molecule is CCOc1ccc(S(=O)(=O)N2CCN(C(=S)Nc3cccc(OC)c3)CC2)cc1. The van der Waals surface area contributed by atoms with Gasteiger partial charge in [0.15, 0.2) is 5.11 Å². The topological polar surface area (TPSA) is 71.1 Å². The smallest absolute Gasteiger partial charge is 0.243 e. The summed E-state index contributed by atoms with van der Waals surface area (Å²) in [4.78, 5) is 2.24. The van der Waals surface area contributed by atoms with E-state index in [0.717, 1.165) is 11.4 Å². The summed E-state index contributed by atoms with van der Waals surface area (Å²) in [5.41, 5.74) is 0.832. The fourth-order valence-corrected chi connectivity index (χ4v) is 4.78. The summed E-state index contributed by atoms with van der Waals surface area (Å²) in [5.74, 6) is 1.40. The normalized spacial score (nSPS) is 15.0. The van der Waals surface area contributed by atoms with Gasteiger partial charge in [-0.15, -0.1) is 0 Å². The van der Waals surface area contributed by atoms with Crippen molar-refractivity contribution in [2.45, 2.75) is 11.8 Å². The summed E-state index contributed by atoms with van der Waals surface area (Å²) in [5, 5.41) is 3.75. The molecular weight excluding hydrogens is 410 g/mol. The molecule has 29 heavy (non-hydrogen) atoms. The number of hydrogen-bond donors (Lipinski definition) is 1. The molecule has 0 saturated carbocycles. The van der Waals surface area contributed by atoms with E-state index in [-0.39, 0.29) is 4.90 Å². The Kier molecular flexibility index (Phi) is 6.94. The van der Waals surface area contributed by atoms with Crippen molar-refractivity contribution in [3.05, 3.63) is 48.5 Å². The molecule has 1 heterocycles. The Labute approximate surface area is 177 Å². The number of thiocarbonyl (C=S) groups is 1. The number of methoxy groups -OCH3 is 1. The molecule has 0 radical (unpaired) electrons. The van der Waals surface area contributed by atoms with Gasteiger partial charge in [0.25, 0.3) is 0 Å². The van der Waals surface area contributed by atoms with Crippen LogP contribution in [0.25, 0.3) is 0 Å². The van der Waals surface area contributed by atoms with E-state index in [2.05, 4.69) is 5.32 Å². The Bertz CT molecular complexity index is 940. The summed E-state index contributed by atoms with van der Waals surface area (Å²) >= 11 is 5.49. The summed E-state index contributed by atoms with van der Waals surface area (Å²) in [7, 11) is -1.93. The van der Waals surface area contributed by atoms with E-state index in [1.54, 1.807) is 31.4 Å². The summed E-state index contributed by atoms with van der Waals surface area (Å²) < 4.78 is 37.9. The number of hydrogen-bond acceptors (Lipinski definition) is 5. The molecule has 0 bridgehead atoms. The van der Waals surface area contributed by atoms with Crippen molar-refractivity contribution < 1.29 is 17.9 Å². The highest BCUT2D eigenvalue weighted by Gasteiger charge is 2.29. The lowest BCUT2D eigenvalue weighted by molar-refractivity contribution is 0.268. The van der Waals surface area contributed by atoms with Gasteiger partial charge in [-0.05, 0) is 55.5 Å². The van der Waals surface area contributed by atoms with Crippen LogP contribution in [0.5, 0.6) is 11.5 Å². The maximum absolute atomic E-state index is 12.9. The van der Waals surface area contributed by atoms with E-state index in [0.29, 0.717) is 43.6 Å². The fraction of sp³-hybridized carbons (Fsp3) is 0.350. The Morgan fingerprint density at radius 2 is 1.76 bits per heavy atom. The van der Waals surface area contributed by atoms with Crippen molar-refractivity contribution in [2.24, 2.45) is 0 Å². The van der Waals surface area contributed by atoms with Crippen molar-refractivity contribution in [2.75, 3.05) is 45.2 Å². The zero-order valence-corrected chi connectivity index (χ0v) is 18.1. The first kappa shape index (κ1) is 21.4. The highest BCUT2D eigenvalue weighted by atomic mass is 32.2. The molecule has 1 saturated heterocycles. The van der Waals surface area contributed by atoms with Crippen molar-refractivity contribution in [3.8, 4) is 11.5 Å². The zero-order chi connectivity index (χ0) is 20.9. The second-order valence-corrected chi connectivity index (χ2v) is 8.78. The third kappa shape index (κ3) is 5.17. The molecule has 1 aliphatic rings. The Balaban J connectivity index is 1.59. The first-order valence-corrected chi connectivity index (χ1v) is 11.2. The van der Waals surface area contributed by atoms with Crippen LogP contribution in [0, 0.1) is 0 Å². The number of nitrogens with one attached hydrogen (secondary N) is 1. The van der Waals surface area contributed by atoms with Gasteiger partial charge < -0.3 is 19.7 Å². The molecule has 2 aromatic rings. The van der Waals surface area contributed by atoms with E-state index in [4.69, 9.17) is 21.7 Å². The summed E-state index contributed by atoms with van der Waals surface area (Å²) in [6.07, 6.45) is 0. The number of benzene rings is 2. The Morgan fingerprint density at radius 3 is 2.38 bits per heavy atom. The summed E-state index contributed by atoms with van der Waals surface area (Å²) in [6, 6.07) is 14.0. The minimum atomic E-state index is -3.54. The number of sulfonamides is 1. The van der Waals surface area contributed by atoms with Gasteiger partial charge in [0.05, 0.1) is 18.6 Å². The summed E-state index contributed by atoms with van der Waals surface area (Å²) in [6.45, 7) is 4.21. The molecular formula is C20H25N3O4S2. The third-order valence-electron chi connectivity index (χ3n) is 4.62. The Hall–Kier alpha value is -2.36. The first-order chi connectivity index (χ1) is 13.9. The van der Waals surface area contributed by atoms with Crippen molar-refractivity contribution in [3.63, 3.8) is 0 Å². The molecule has 0 spiro atoms. The van der Waals surface area contributed by atoms with Crippen LogP contribution in [0.3, 0.4) is 0 Å². The maximum atomic E-state index is 12.9. The van der Waals surface area contributed by atoms with Crippen molar-refractivity contribution >= 4 is 33.0 Å². The monoisotopic (exact) mass is 435 g/mol. The predicted octanol–water partition coefficient (Wildman–Crippen LogP) is 2.80. The average molecular weight is 436 g/mol. The van der Waals surface area contributed by atoms with Crippen LogP contribution < -0.4 is 14.8 Å². The number of nitrogens with zero attached hydrogens (tertiary/aromatic N) is 2. The number of anilines is 1. The quantitative estimate of drug-likeness (QED) is 0.700.